The predicted octanol–water partition coefficient (Wildman–Crippen LogP) is 6.82. The number of hydrogen-bond acceptors (Lipinski definition) is 6. The lowest BCUT2D eigenvalue weighted by atomic mass is 9.83. The van der Waals surface area contributed by atoms with Crippen molar-refractivity contribution in [3.8, 4) is 5.75 Å². The number of nitrogens with zero attached hydrogens (tertiary/aromatic N) is 1. The van der Waals surface area contributed by atoms with Crippen LogP contribution in [0.25, 0.3) is 0 Å². The molecule has 2 aromatic carbocycles. The van der Waals surface area contributed by atoms with Gasteiger partial charge in [-0.05, 0) is 82.9 Å². The van der Waals surface area contributed by atoms with E-state index in [1.165, 1.54) is 0 Å². The molecule has 2 atom stereocenters. The van der Waals surface area contributed by atoms with Crippen molar-refractivity contribution in [1.29, 1.82) is 0 Å². The lowest BCUT2D eigenvalue weighted by molar-refractivity contribution is -0.141. The van der Waals surface area contributed by atoms with E-state index in [1.54, 1.807) is 17.0 Å². The molecular weight excluding hydrogens is 542 g/mol. The van der Waals surface area contributed by atoms with Crippen molar-refractivity contribution in [1.82, 2.24) is 4.90 Å². The standard InChI is InChI=1S/C33H42ClNO6/c1-22(2)38-18-16-33(4,5)41-27-14-8-24(9-15-27)21-40-32(37)31-23(3)35(20-28-7-6-17-39-28)30(36)19-29(31)25-10-12-26(34)13-11-25/h8-15,22,28-29H,6-7,16-21H2,1-5H3/t28-,29+/m1/s1. The molecule has 0 N–H and O–H groups in total. The van der Waals surface area contributed by atoms with Crippen LogP contribution >= 0.6 is 11.6 Å². The molecule has 2 aliphatic rings. The van der Waals surface area contributed by atoms with E-state index in [1.807, 2.05) is 71.0 Å². The summed E-state index contributed by atoms with van der Waals surface area (Å²) >= 11 is 6.12. The van der Waals surface area contributed by atoms with E-state index >= 15 is 0 Å². The quantitative estimate of drug-likeness (QED) is 0.255. The molecule has 1 saturated heterocycles. The van der Waals surface area contributed by atoms with Crippen molar-refractivity contribution in [2.24, 2.45) is 0 Å². The summed E-state index contributed by atoms with van der Waals surface area (Å²) in [5, 5.41) is 0.598. The molecule has 1 amide bonds. The van der Waals surface area contributed by atoms with Gasteiger partial charge in [0.15, 0.2) is 0 Å². The molecular formula is C33H42ClNO6. The molecule has 0 bridgehead atoms. The summed E-state index contributed by atoms with van der Waals surface area (Å²) in [7, 11) is 0. The fourth-order valence-corrected chi connectivity index (χ4v) is 5.39. The van der Waals surface area contributed by atoms with Gasteiger partial charge in [0.25, 0.3) is 0 Å². The molecule has 4 rings (SSSR count). The number of halogens is 1. The number of esters is 1. The van der Waals surface area contributed by atoms with Crippen LogP contribution in [-0.4, -0.2) is 54.3 Å². The third-order valence-electron chi connectivity index (χ3n) is 7.57. The Morgan fingerprint density at radius 2 is 1.83 bits per heavy atom. The average Bonchev–Trinajstić information content (AvgIpc) is 3.43. The van der Waals surface area contributed by atoms with Crippen LogP contribution in [0.4, 0.5) is 0 Å². The lowest BCUT2D eigenvalue weighted by Gasteiger charge is -2.35. The van der Waals surface area contributed by atoms with E-state index in [9.17, 15) is 9.59 Å². The maximum Gasteiger partial charge on any atom is 0.336 e. The van der Waals surface area contributed by atoms with Crippen LogP contribution in [0.2, 0.25) is 5.02 Å². The van der Waals surface area contributed by atoms with E-state index in [2.05, 4.69) is 0 Å². The van der Waals surface area contributed by atoms with E-state index in [0.29, 0.717) is 36.1 Å². The molecule has 8 heteroatoms. The molecule has 7 nitrogen and oxygen atoms in total. The first-order valence-corrected chi connectivity index (χ1v) is 14.8. The Morgan fingerprint density at radius 3 is 2.46 bits per heavy atom. The molecule has 1 fully saturated rings. The molecule has 2 aliphatic heterocycles. The second-order valence-corrected chi connectivity index (χ2v) is 12.1. The molecule has 222 valence electrons. The van der Waals surface area contributed by atoms with Gasteiger partial charge in [0.1, 0.15) is 18.0 Å². The highest BCUT2D eigenvalue weighted by Gasteiger charge is 2.38. The summed E-state index contributed by atoms with van der Waals surface area (Å²) < 4.78 is 23.5. The SMILES string of the molecule is CC1=C(C(=O)OCc2ccc(OC(C)(C)CCOC(C)C)cc2)[C@H](c2ccc(Cl)cc2)CC(=O)N1C[C@H]1CCCO1. The number of rotatable bonds is 12. The van der Waals surface area contributed by atoms with E-state index in [0.717, 1.165) is 36.1 Å². The third-order valence-corrected chi connectivity index (χ3v) is 7.82. The van der Waals surface area contributed by atoms with Crippen molar-refractivity contribution in [3.63, 3.8) is 0 Å². The van der Waals surface area contributed by atoms with Crippen LogP contribution in [0.1, 0.15) is 77.3 Å². The molecule has 0 aliphatic carbocycles. The Labute approximate surface area is 248 Å². The summed E-state index contributed by atoms with van der Waals surface area (Å²) in [6, 6.07) is 14.9. The van der Waals surface area contributed by atoms with Crippen LogP contribution in [0, 0.1) is 0 Å². The normalized spacial score (nSPS) is 19.7. The minimum atomic E-state index is -0.432. The predicted molar refractivity (Wildman–Crippen MR) is 159 cm³/mol. The summed E-state index contributed by atoms with van der Waals surface area (Å²) in [5.74, 6) is -0.125. The van der Waals surface area contributed by atoms with Crippen molar-refractivity contribution >= 4 is 23.5 Å². The number of amides is 1. The van der Waals surface area contributed by atoms with Crippen molar-refractivity contribution in [2.75, 3.05) is 19.8 Å². The van der Waals surface area contributed by atoms with Gasteiger partial charge in [-0.1, -0.05) is 35.9 Å². The van der Waals surface area contributed by atoms with Crippen molar-refractivity contribution < 1.29 is 28.5 Å². The van der Waals surface area contributed by atoms with Crippen LogP contribution in [0.15, 0.2) is 59.8 Å². The topological polar surface area (TPSA) is 74.3 Å². The minimum absolute atomic E-state index is 0.0216. The zero-order chi connectivity index (χ0) is 29.6. The highest BCUT2D eigenvalue weighted by Crippen LogP contribution is 2.38. The number of hydrogen-bond donors (Lipinski definition) is 0. The highest BCUT2D eigenvalue weighted by molar-refractivity contribution is 6.30. The lowest BCUT2D eigenvalue weighted by Crippen LogP contribution is -2.42. The Kier molecular flexibility index (Phi) is 10.5. The molecule has 0 saturated carbocycles. The van der Waals surface area contributed by atoms with Crippen molar-refractivity contribution in [2.45, 2.75) is 90.6 Å². The van der Waals surface area contributed by atoms with Gasteiger partial charge in [-0.2, -0.15) is 0 Å². The largest absolute Gasteiger partial charge is 0.488 e. The fraction of sp³-hybridized carbons (Fsp3) is 0.515. The molecule has 0 spiro atoms. The molecule has 0 aromatic heterocycles. The van der Waals surface area contributed by atoms with Gasteiger partial charge >= 0.3 is 5.97 Å². The molecule has 2 aromatic rings. The van der Waals surface area contributed by atoms with Crippen LogP contribution in [-0.2, 0) is 30.4 Å². The first-order chi connectivity index (χ1) is 19.5. The van der Waals surface area contributed by atoms with Gasteiger partial charge in [0.05, 0.1) is 30.9 Å². The smallest absolute Gasteiger partial charge is 0.336 e. The average molecular weight is 584 g/mol. The van der Waals surface area contributed by atoms with E-state index in [4.69, 9.17) is 30.5 Å². The van der Waals surface area contributed by atoms with Gasteiger partial charge in [0.2, 0.25) is 5.91 Å². The summed E-state index contributed by atoms with van der Waals surface area (Å²) in [4.78, 5) is 28.6. The number of allylic oxidation sites excluding steroid dienone is 1. The second kappa shape index (κ2) is 13.9. The maximum atomic E-state index is 13.6. The van der Waals surface area contributed by atoms with Crippen LogP contribution in [0.3, 0.4) is 0 Å². The molecule has 0 unspecified atom stereocenters. The number of ether oxygens (including phenoxy) is 4. The monoisotopic (exact) mass is 583 g/mol. The second-order valence-electron chi connectivity index (χ2n) is 11.7. The molecule has 2 heterocycles. The molecule has 0 radical (unpaired) electrons. The van der Waals surface area contributed by atoms with Crippen molar-refractivity contribution in [3.05, 3.63) is 76.0 Å². The first kappa shape index (κ1) is 31.1. The first-order valence-electron chi connectivity index (χ1n) is 14.5. The fourth-order valence-electron chi connectivity index (χ4n) is 5.26. The number of carbonyl (C=O) groups is 2. The Bertz CT molecular complexity index is 1220. The van der Waals surface area contributed by atoms with E-state index < -0.39 is 11.9 Å². The number of carbonyl (C=O) groups excluding carboxylic acids is 2. The summed E-state index contributed by atoms with van der Waals surface area (Å²) in [6.45, 7) is 11.8. The zero-order valence-corrected chi connectivity index (χ0v) is 25.5. The van der Waals surface area contributed by atoms with Gasteiger partial charge in [-0.3, -0.25) is 4.79 Å². The Balaban J connectivity index is 1.46. The van der Waals surface area contributed by atoms with E-state index in [-0.39, 0.29) is 36.7 Å². The van der Waals surface area contributed by atoms with Crippen LogP contribution in [0.5, 0.6) is 5.75 Å². The minimum Gasteiger partial charge on any atom is -0.488 e. The van der Waals surface area contributed by atoms with Gasteiger partial charge < -0.3 is 23.8 Å². The van der Waals surface area contributed by atoms with Crippen LogP contribution < -0.4 is 4.74 Å². The number of benzene rings is 2. The zero-order valence-electron chi connectivity index (χ0n) is 24.8. The third kappa shape index (κ3) is 8.57. The van der Waals surface area contributed by atoms with Gasteiger partial charge in [0, 0.05) is 36.1 Å². The van der Waals surface area contributed by atoms with Gasteiger partial charge in [-0.15, -0.1) is 0 Å². The Morgan fingerprint density at radius 1 is 1.12 bits per heavy atom. The molecule has 41 heavy (non-hydrogen) atoms. The summed E-state index contributed by atoms with van der Waals surface area (Å²) in [5.41, 5.74) is 2.44. The van der Waals surface area contributed by atoms with Gasteiger partial charge in [-0.25, -0.2) is 4.79 Å². The highest BCUT2D eigenvalue weighted by atomic mass is 35.5. The summed E-state index contributed by atoms with van der Waals surface area (Å²) in [6.07, 6.45) is 2.99. The maximum absolute atomic E-state index is 13.6. The Hall–Kier alpha value is -2.87.